The molecule has 7 nitrogen and oxygen atoms in total. The van der Waals surface area contributed by atoms with Gasteiger partial charge in [-0.2, -0.15) is 0 Å². The molecule has 1 atom stereocenters. The molecule has 0 radical (unpaired) electrons. The summed E-state index contributed by atoms with van der Waals surface area (Å²) in [6.07, 6.45) is 2.60. The minimum absolute atomic E-state index is 0.273. The fourth-order valence-corrected chi connectivity index (χ4v) is 3.70. The average molecular weight is 424 g/mol. The van der Waals surface area contributed by atoms with Crippen LogP contribution in [0, 0.1) is 12.7 Å². The third-order valence-corrected chi connectivity index (χ3v) is 5.12. The highest BCUT2D eigenvalue weighted by Crippen LogP contribution is 2.41. The van der Waals surface area contributed by atoms with Gasteiger partial charge in [-0.1, -0.05) is 0 Å². The summed E-state index contributed by atoms with van der Waals surface area (Å²) in [6.45, 7) is 9.40. The van der Waals surface area contributed by atoms with Crippen molar-refractivity contribution < 1.29 is 18.7 Å². The number of hydrogen-bond donors (Lipinski definition) is 1. The molecule has 0 fully saturated rings. The number of hydrogen-bond acceptors (Lipinski definition) is 6. The van der Waals surface area contributed by atoms with Gasteiger partial charge >= 0.3 is 6.09 Å². The van der Waals surface area contributed by atoms with Gasteiger partial charge in [-0.25, -0.2) is 19.2 Å². The van der Waals surface area contributed by atoms with Gasteiger partial charge in [0.2, 0.25) is 5.88 Å². The third kappa shape index (κ3) is 3.85. The molecule has 2 aromatic heterocycles. The number of carbonyl (C=O) groups is 1. The van der Waals surface area contributed by atoms with Crippen molar-refractivity contribution in [1.29, 1.82) is 0 Å². The van der Waals surface area contributed by atoms with E-state index in [4.69, 9.17) is 15.2 Å². The number of fused-ring (bicyclic) bond motifs is 2. The second-order valence-corrected chi connectivity index (χ2v) is 8.75. The van der Waals surface area contributed by atoms with Gasteiger partial charge in [0.05, 0.1) is 6.04 Å². The first-order valence-corrected chi connectivity index (χ1v) is 10.0. The Bertz CT molecular complexity index is 1190. The molecule has 0 bridgehead atoms. The fourth-order valence-electron chi connectivity index (χ4n) is 3.70. The lowest BCUT2D eigenvalue weighted by Gasteiger charge is -2.36. The van der Waals surface area contributed by atoms with Crippen molar-refractivity contribution >= 4 is 28.4 Å². The van der Waals surface area contributed by atoms with E-state index in [0.29, 0.717) is 39.5 Å². The van der Waals surface area contributed by atoms with Gasteiger partial charge < -0.3 is 15.2 Å². The molecule has 4 rings (SSSR count). The van der Waals surface area contributed by atoms with Crippen molar-refractivity contribution in [2.75, 3.05) is 17.2 Å². The van der Waals surface area contributed by atoms with Crippen molar-refractivity contribution in [2.45, 2.75) is 46.3 Å². The topological polar surface area (TPSA) is 90.6 Å². The predicted octanol–water partition coefficient (Wildman–Crippen LogP) is 4.85. The van der Waals surface area contributed by atoms with Crippen molar-refractivity contribution in [2.24, 2.45) is 0 Å². The largest absolute Gasteiger partial charge is 0.474 e. The molecule has 3 heterocycles. The summed E-state index contributed by atoms with van der Waals surface area (Å²) in [5, 5.41) is 1.40. The maximum absolute atomic E-state index is 15.0. The molecule has 2 N–H and O–H groups in total. The molecule has 1 amide bonds. The highest BCUT2D eigenvalue weighted by atomic mass is 19.1. The lowest BCUT2D eigenvalue weighted by atomic mass is 9.97. The van der Waals surface area contributed by atoms with Crippen LogP contribution in [0.15, 0.2) is 30.6 Å². The second-order valence-electron chi connectivity index (χ2n) is 8.75. The number of nitrogens with zero attached hydrogens (tertiary/aromatic N) is 3. The lowest BCUT2D eigenvalue weighted by molar-refractivity contribution is 0.0546. The molecule has 162 valence electrons. The normalized spacial score (nSPS) is 16.1. The minimum Gasteiger partial charge on any atom is -0.474 e. The van der Waals surface area contributed by atoms with E-state index < -0.39 is 17.5 Å². The molecule has 8 heteroatoms. The molecule has 31 heavy (non-hydrogen) atoms. The molecule has 1 aliphatic rings. The summed E-state index contributed by atoms with van der Waals surface area (Å²) in [7, 11) is 0. The first-order valence-electron chi connectivity index (χ1n) is 10.0. The van der Waals surface area contributed by atoms with E-state index in [1.807, 2.05) is 34.6 Å². The number of pyridine rings is 2. The molecule has 3 aromatic rings. The van der Waals surface area contributed by atoms with Gasteiger partial charge in [0.25, 0.3) is 0 Å². The van der Waals surface area contributed by atoms with E-state index in [2.05, 4.69) is 9.97 Å². The number of anilines is 2. The minimum atomic E-state index is -0.660. The van der Waals surface area contributed by atoms with Crippen LogP contribution >= 0.6 is 0 Å². The standard InChI is InChI=1S/C23H25FN4O3/c1-12-11-30-21-20(28(12)22(29)31-23(3,4)5)13(2)17(10-27-21)16-6-14-8-19(25)26-9-15(14)7-18(16)24/h6-10,12H,11H2,1-5H3,(H2,25,26). The maximum Gasteiger partial charge on any atom is 0.415 e. The van der Waals surface area contributed by atoms with Gasteiger partial charge in [0.15, 0.2) is 0 Å². The Hall–Kier alpha value is -3.42. The van der Waals surface area contributed by atoms with Crippen LogP contribution in [0.5, 0.6) is 5.88 Å². The van der Waals surface area contributed by atoms with E-state index in [9.17, 15) is 4.79 Å². The van der Waals surface area contributed by atoms with Gasteiger partial charge in [-0.05, 0) is 63.8 Å². The van der Waals surface area contributed by atoms with E-state index in [-0.39, 0.29) is 12.6 Å². The number of carbonyl (C=O) groups excluding carboxylic acids is 1. The zero-order valence-corrected chi connectivity index (χ0v) is 18.2. The van der Waals surface area contributed by atoms with Crippen molar-refractivity contribution in [1.82, 2.24) is 9.97 Å². The van der Waals surface area contributed by atoms with Crippen LogP contribution in [-0.2, 0) is 4.74 Å². The van der Waals surface area contributed by atoms with Crippen molar-refractivity contribution in [3.05, 3.63) is 42.0 Å². The van der Waals surface area contributed by atoms with Crippen LogP contribution in [0.3, 0.4) is 0 Å². The summed E-state index contributed by atoms with van der Waals surface area (Å²) < 4.78 is 26.4. The van der Waals surface area contributed by atoms with E-state index in [0.717, 1.165) is 5.39 Å². The zero-order chi connectivity index (χ0) is 22.5. The summed E-state index contributed by atoms with van der Waals surface area (Å²) in [5.74, 6) is 0.251. The number of halogens is 1. The zero-order valence-electron chi connectivity index (χ0n) is 18.2. The van der Waals surface area contributed by atoms with Crippen molar-refractivity contribution in [3.63, 3.8) is 0 Å². The molecule has 0 spiro atoms. The van der Waals surface area contributed by atoms with Gasteiger partial charge in [-0.3, -0.25) is 4.90 Å². The van der Waals surface area contributed by atoms with Crippen LogP contribution in [-0.4, -0.2) is 34.3 Å². The maximum atomic E-state index is 15.0. The molecule has 0 aliphatic carbocycles. The molecular formula is C23H25FN4O3. The molecule has 0 saturated heterocycles. The second kappa shape index (κ2) is 7.37. The number of amides is 1. The van der Waals surface area contributed by atoms with E-state index in [1.165, 1.54) is 17.2 Å². The summed E-state index contributed by atoms with van der Waals surface area (Å²) in [6, 6.07) is 4.55. The summed E-state index contributed by atoms with van der Waals surface area (Å²) >= 11 is 0. The van der Waals surface area contributed by atoms with Crippen LogP contribution in [0.1, 0.15) is 33.3 Å². The number of aromatic nitrogens is 2. The Morgan fingerprint density at radius 1 is 1.19 bits per heavy atom. The number of rotatable bonds is 1. The lowest BCUT2D eigenvalue weighted by Crippen LogP contribution is -2.47. The molecule has 1 unspecified atom stereocenters. The smallest absolute Gasteiger partial charge is 0.415 e. The Labute approximate surface area is 180 Å². The highest BCUT2D eigenvalue weighted by Gasteiger charge is 2.36. The molecule has 1 aromatic carbocycles. The monoisotopic (exact) mass is 424 g/mol. The first kappa shape index (κ1) is 20.8. The van der Waals surface area contributed by atoms with Crippen LogP contribution in [0.25, 0.3) is 21.9 Å². The van der Waals surface area contributed by atoms with Crippen LogP contribution < -0.4 is 15.4 Å². The Balaban J connectivity index is 1.87. The Kier molecular flexibility index (Phi) is 4.95. The third-order valence-electron chi connectivity index (χ3n) is 5.12. The van der Waals surface area contributed by atoms with Crippen LogP contribution in [0.2, 0.25) is 0 Å². The number of nitrogen functional groups attached to an aromatic ring is 1. The Morgan fingerprint density at radius 2 is 1.94 bits per heavy atom. The SMILES string of the molecule is Cc1c(-c2cc3cc(N)ncc3cc2F)cnc2c1N(C(=O)OC(C)(C)C)C(C)CO2. The summed E-state index contributed by atoms with van der Waals surface area (Å²) in [4.78, 5) is 22.9. The van der Waals surface area contributed by atoms with Gasteiger partial charge in [0.1, 0.15) is 29.5 Å². The predicted molar refractivity (Wildman–Crippen MR) is 118 cm³/mol. The summed E-state index contributed by atoms with van der Waals surface area (Å²) in [5.41, 5.74) is 7.20. The number of benzene rings is 1. The van der Waals surface area contributed by atoms with E-state index >= 15 is 4.39 Å². The fraction of sp³-hybridized carbons (Fsp3) is 0.348. The van der Waals surface area contributed by atoms with E-state index in [1.54, 1.807) is 18.3 Å². The average Bonchev–Trinajstić information content (AvgIpc) is 2.67. The number of ether oxygens (including phenoxy) is 2. The first-order chi connectivity index (χ1) is 14.5. The molecule has 0 saturated carbocycles. The molecule has 1 aliphatic heterocycles. The quantitative estimate of drug-likeness (QED) is 0.601. The van der Waals surface area contributed by atoms with Gasteiger partial charge in [0, 0.05) is 28.9 Å². The van der Waals surface area contributed by atoms with Gasteiger partial charge in [-0.15, -0.1) is 0 Å². The highest BCUT2D eigenvalue weighted by molar-refractivity contribution is 5.95. The van der Waals surface area contributed by atoms with Crippen molar-refractivity contribution in [3.8, 4) is 17.0 Å². The number of nitrogens with two attached hydrogens (primary N) is 1. The van der Waals surface area contributed by atoms with Crippen LogP contribution in [0.4, 0.5) is 20.7 Å². The molecular weight excluding hydrogens is 399 g/mol. The Morgan fingerprint density at radius 3 is 2.65 bits per heavy atom.